The normalized spacial score (nSPS) is 31.2. The molecule has 7 heteroatoms. The Labute approximate surface area is 109 Å². The molecular weight excluding hydrogens is 248 g/mol. The highest BCUT2D eigenvalue weighted by Gasteiger charge is 2.47. The standard InChI is InChI=1S/C12H16N4O3/c1-6-8(3-17)19-12(10(6)18)16-5-15-9-7(2)13-4-14-11(9)16/h4-6,8,10,12,17-18H,3H2,1-2H3/p+1/t6-,8-,10-,12-/m1/s1. The molecule has 4 atom stereocenters. The summed E-state index contributed by atoms with van der Waals surface area (Å²) in [6.45, 7) is 3.69. The van der Waals surface area contributed by atoms with E-state index >= 15 is 0 Å². The molecule has 0 aliphatic carbocycles. The zero-order valence-corrected chi connectivity index (χ0v) is 10.8. The van der Waals surface area contributed by atoms with Gasteiger partial charge < -0.3 is 14.9 Å². The van der Waals surface area contributed by atoms with Gasteiger partial charge in [0.2, 0.25) is 0 Å². The Morgan fingerprint density at radius 3 is 2.84 bits per heavy atom. The first-order chi connectivity index (χ1) is 9.13. The molecule has 0 saturated carbocycles. The molecule has 7 nitrogen and oxygen atoms in total. The summed E-state index contributed by atoms with van der Waals surface area (Å²) in [7, 11) is 0. The van der Waals surface area contributed by atoms with Crippen LogP contribution in [-0.2, 0) is 0 Å². The maximum absolute atomic E-state index is 10.3. The second-order valence-corrected chi connectivity index (χ2v) is 4.95. The molecule has 1 fully saturated rings. The van der Waals surface area contributed by atoms with Crippen molar-refractivity contribution in [3.8, 4) is 0 Å². The van der Waals surface area contributed by atoms with Gasteiger partial charge in [0.25, 0.3) is 6.23 Å². The molecule has 1 aliphatic heterocycles. The highest BCUT2D eigenvalue weighted by Crippen LogP contribution is 2.32. The first-order valence-corrected chi connectivity index (χ1v) is 6.26. The third-order valence-corrected chi connectivity index (χ3v) is 3.81. The average molecular weight is 265 g/mol. The van der Waals surface area contributed by atoms with Gasteiger partial charge in [0.15, 0.2) is 17.9 Å². The van der Waals surface area contributed by atoms with Crippen LogP contribution in [0.2, 0.25) is 0 Å². The molecule has 1 aliphatic rings. The van der Waals surface area contributed by atoms with Crippen molar-refractivity contribution in [2.24, 2.45) is 5.92 Å². The topological polar surface area (TPSA) is 96.9 Å². The molecule has 3 heterocycles. The van der Waals surface area contributed by atoms with E-state index in [1.807, 2.05) is 13.8 Å². The summed E-state index contributed by atoms with van der Waals surface area (Å²) in [5.41, 5.74) is 2.17. The monoisotopic (exact) mass is 265 g/mol. The molecular formula is C12H17N4O3+. The van der Waals surface area contributed by atoms with E-state index in [-0.39, 0.29) is 18.6 Å². The van der Waals surface area contributed by atoms with E-state index in [0.717, 1.165) is 5.69 Å². The van der Waals surface area contributed by atoms with Crippen molar-refractivity contribution >= 4 is 11.2 Å². The average Bonchev–Trinajstić information content (AvgIpc) is 2.94. The molecule has 19 heavy (non-hydrogen) atoms. The van der Waals surface area contributed by atoms with Crippen LogP contribution in [0.1, 0.15) is 18.8 Å². The van der Waals surface area contributed by atoms with Crippen molar-refractivity contribution < 1.29 is 14.9 Å². The van der Waals surface area contributed by atoms with Gasteiger partial charge in [-0.2, -0.15) is 0 Å². The number of aliphatic hydroxyl groups is 4. The maximum Gasteiger partial charge on any atom is 0.268 e. The van der Waals surface area contributed by atoms with Crippen LogP contribution >= 0.6 is 0 Å². The van der Waals surface area contributed by atoms with Crippen LogP contribution in [0.5, 0.6) is 0 Å². The fraction of sp³-hybridized carbons (Fsp3) is 0.583. The molecule has 0 spiro atoms. The number of aromatic nitrogens is 4. The van der Waals surface area contributed by atoms with Crippen LogP contribution in [0.25, 0.3) is 11.2 Å². The van der Waals surface area contributed by atoms with Gasteiger partial charge in [0.05, 0.1) is 11.6 Å². The quantitative estimate of drug-likeness (QED) is 0.716. The van der Waals surface area contributed by atoms with Crippen LogP contribution in [0.4, 0.5) is 0 Å². The lowest BCUT2D eigenvalue weighted by Gasteiger charge is -2.12. The van der Waals surface area contributed by atoms with Crippen LogP contribution < -0.4 is 0 Å². The Balaban J connectivity index is 2.04. The van der Waals surface area contributed by atoms with Gasteiger partial charge in [0, 0.05) is 0 Å². The van der Waals surface area contributed by atoms with Crippen molar-refractivity contribution in [2.45, 2.75) is 32.3 Å². The Kier molecular flexibility index (Phi) is 2.96. The van der Waals surface area contributed by atoms with Crippen LogP contribution in [-0.4, -0.2) is 53.3 Å². The predicted octanol–water partition coefficient (Wildman–Crippen LogP) is -0.467. The Morgan fingerprint density at radius 2 is 2.16 bits per heavy atom. The Hall–Kier alpha value is -1.57. The van der Waals surface area contributed by atoms with E-state index in [1.165, 1.54) is 6.33 Å². The molecule has 1 saturated heterocycles. The zero-order valence-electron chi connectivity index (χ0n) is 10.8. The van der Waals surface area contributed by atoms with E-state index < -0.39 is 12.3 Å². The number of aryl methyl sites for hydroxylation is 1. The maximum atomic E-state index is 10.3. The summed E-state index contributed by atoms with van der Waals surface area (Å²) in [5, 5.41) is 19.5. The van der Waals surface area contributed by atoms with E-state index in [4.69, 9.17) is 0 Å². The summed E-state index contributed by atoms with van der Waals surface area (Å²) in [6.07, 6.45) is 1.75. The van der Waals surface area contributed by atoms with E-state index in [2.05, 4.69) is 19.7 Å². The number of nitrogens with zero attached hydrogens (tertiary/aromatic N) is 4. The van der Waals surface area contributed by atoms with Gasteiger partial charge in [-0.25, -0.2) is 19.5 Å². The first kappa shape index (κ1) is 12.5. The van der Waals surface area contributed by atoms with E-state index in [1.54, 1.807) is 10.9 Å². The molecule has 0 amide bonds. The second kappa shape index (κ2) is 4.52. The highest BCUT2D eigenvalue weighted by atomic mass is 16.5. The molecule has 102 valence electrons. The largest absolute Gasteiger partial charge is 0.408 e. The SMILES string of the molecule is Cc1ncnc2c1ncn2[C@@H]1[OH+][C@H](CO)[C@@H](C)[C@H]1O. The molecule has 2 aromatic heterocycles. The summed E-state index contributed by atoms with van der Waals surface area (Å²) < 4.78 is 6.20. The predicted molar refractivity (Wildman–Crippen MR) is 67.4 cm³/mol. The fourth-order valence-corrected chi connectivity index (χ4v) is 2.53. The van der Waals surface area contributed by atoms with E-state index in [9.17, 15) is 10.2 Å². The van der Waals surface area contributed by atoms with Gasteiger partial charge in [-0.1, -0.05) is 6.92 Å². The molecule has 3 N–H and O–H groups in total. The Bertz CT molecular complexity index is 600. The van der Waals surface area contributed by atoms with Crippen molar-refractivity contribution in [3.05, 3.63) is 18.3 Å². The second-order valence-electron chi connectivity index (χ2n) is 4.95. The fourth-order valence-electron chi connectivity index (χ4n) is 2.53. The summed E-state index contributed by atoms with van der Waals surface area (Å²) >= 11 is 0. The zero-order chi connectivity index (χ0) is 13.6. The summed E-state index contributed by atoms with van der Waals surface area (Å²) in [4.78, 5) is 12.6. The third-order valence-electron chi connectivity index (χ3n) is 3.81. The third kappa shape index (κ3) is 1.81. The van der Waals surface area contributed by atoms with Crippen molar-refractivity contribution in [3.63, 3.8) is 0 Å². The van der Waals surface area contributed by atoms with Gasteiger partial charge in [-0.15, -0.1) is 0 Å². The lowest BCUT2D eigenvalue weighted by Crippen LogP contribution is -2.25. The summed E-state index contributed by atoms with van der Waals surface area (Å²) in [6, 6.07) is 0. The molecule has 0 radical (unpaired) electrons. The number of imidazole rings is 1. The molecule has 0 bridgehead atoms. The number of ether oxygens (including phenoxy) is 1. The van der Waals surface area contributed by atoms with Crippen molar-refractivity contribution in [1.29, 1.82) is 0 Å². The summed E-state index contributed by atoms with van der Waals surface area (Å²) in [5.74, 6) is -0.0876. The van der Waals surface area contributed by atoms with Crippen LogP contribution in [0, 0.1) is 12.8 Å². The van der Waals surface area contributed by atoms with Gasteiger partial charge in [0.1, 0.15) is 24.8 Å². The highest BCUT2D eigenvalue weighted by molar-refractivity contribution is 5.72. The van der Waals surface area contributed by atoms with E-state index in [0.29, 0.717) is 11.2 Å². The smallest absolute Gasteiger partial charge is 0.268 e. The number of aliphatic hydroxyl groups excluding tert-OH is 2. The minimum absolute atomic E-state index is 0.0602. The minimum Gasteiger partial charge on any atom is -0.408 e. The number of fused-ring (bicyclic) bond motifs is 1. The number of rotatable bonds is 2. The lowest BCUT2D eigenvalue weighted by atomic mass is 10.0. The molecule has 2 aromatic rings. The van der Waals surface area contributed by atoms with Crippen molar-refractivity contribution in [1.82, 2.24) is 19.5 Å². The number of hydrogen-bond acceptors (Lipinski definition) is 5. The van der Waals surface area contributed by atoms with Crippen LogP contribution in [0.3, 0.4) is 0 Å². The molecule has 0 aromatic carbocycles. The van der Waals surface area contributed by atoms with Gasteiger partial charge in [-0.3, -0.25) is 0 Å². The van der Waals surface area contributed by atoms with Crippen LogP contribution in [0.15, 0.2) is 12.7 Å². The van der Waals surface area contributed by atoms with Gasteiger partial charge in [-0.05, 0) is 6.92 Å². The molecule has 0 unspecified atom stereocenters. The first-order valence-electron chi connectivity index (χ1n) is 6.26. The van der Waals surface area contributed by atoms with Crippen molar-refractivity contribution in [2.75, 3.05) is 6.61 Å². The Morgan fingerprint density at radius 1 is 1.37 bits per heavy atom. The minimum atomic E-state index is -0.648. The lowest BCUT2D eigenvalue weighted by molar-refractivity contribution is -0.179. The van der Waals surface area contributed by atoms with Gasteiger partial charge >= 0.3 is 0 Å². The molecule has 3 rings (SSSR count). The number of hydrogen-bond donors (Lipinski definition) is 2.